The Morgan fingerprint density at radius 3 is 2.39 bits per heavy atom. The minimum atomic E-state index is -0.171. The Labute approximate surface area is 112 Å². The fourth-order valence-electron chi connectivity index (χ4n) is 1.68. The van der Waals surface area contributed by atoms with Crippen LogP contribution in [0.5, 0.6) is 0 Å². The molecule has 1 unspecified atom stereocenters. The van der Waals surface area contributed by atoms with Crippen LogP contribution in [0, 0.1) is 5.92 Å². The van der Waals surface area contributed by atoms with Crippen molar-refractivity contribution in [2.45, 2.75) is 58.8 Å². The number of carbonyl (C=O) groups is 1. The number of unbranched alkanes of at least 4 members (excludes halogenated alkanes) is 6. The lowest BCUT2D eigenvalue weighted by atomic mass is 10.1. The summed E-state index contributed by atoms with van der Waals surface area (Å²) < 4.78 is 4.88. The third-order valence-corrected chi connectivity index (χ3v) is 2.88. The first-order valence-electron chi connectivity index (χ1n) is 7.09. The highest BCUT2D eigenvalue weighted by Crippen LogP contribution is 2.08. The van der Waals surface area contributed by atoms with Gasteiger partial charge >= 0.3 is 5.97 Å². The van der Waals surface area contributed by atoms with Crippen molar-refractivity contribution < 1.29 is 9.53 Å². The van der Waals surface area contributed by atoms with Crippen LogP contribution in [-0.2, 0) is 9.53 Å². The zero-order valence-corrected chi connectivity index (χ0v) is 12.0. The molecule has 2 heteroatoms. The predicted octanol–water partition coefficient (Wildman–Crippen LogP) is 4.66. The fraction of sp³-hybridized carbons (Fsp3) is 0.688. The van der Waals surface area contributed by atoms with Gasteiger partial charge in [-0.3, -0.25) is 4.79 Å². The summed E-state index contributed by atoms with van der Waals surface area (Å²) in [5.74, 6) is 0.321. The van der Waals surface area contributed by atoms with Crippen LogP contribution in [0.4, 0.5) is 0 Å². The second-order valence-corrected chi connectivity index (χ2v) is 4.77. The molecule has 0 N–H and O–H groups in total. The topological polar surface area (TPSA) is 26.3 Å². The van der Waals surface area contributed by atoms with Crippen LogP contribution in [-0.4, -0.2) is 12.6 Å². The standard InChI is InChI=1S/C16H28O2/c1-4-15(2)13-11-9-7-5-6-8-10-12-14-18-16(3)17/h4,11,13,15H,1,5-10,12,14H2,2-3H3/b13-11-. The first-order valence-corrected chi connectivity index (χ1v) is 7.09. The molecule has 0 aromatic heterocycles. The Bertz CT molecular complexity index is 243. The molecule has 0 bridgehead atoms. The van der Waals surface area contributed by atoms with Crippen molar-refractivity contribution in [3.05, 3.63) is 24.8 Å². The van der Waals surface area contributed by atoms with Gasteiger partial charge in [-0.25, -0.2) is 0 Å². The van der Waals surface area contributed by atoms with Crippen molar-refractivity contribution in [3.8, 4) is 0 Å². The molecule has 0 aliphatic heterocycles. The van der Waals surface area contributed by atoms with Crippen LogP contribution in [0.2, 0.25) is 0 Å². The van der Waals surface area contributed by atoms with Crippen molar-refractivity contribution in [1.82, 2.24) is 0 Å². The van der Waals surface area contributed by atoms with Crippen LogP contribution in [0.25, 0.3) is 0 Å². The third kappa shape index (κ3) is 13.0. The SMILES string of the molecule is C=CC(C)/C=C\CCCCCCCCOC(C)=O. The molecule has 0 aromatic rings. The highest BCUT2D eigenvalue weighted by molar-refractivity contribution is 5.65. The van der Waals surface area contributed by atoms with Gasteiger partial charge in [0.25, 0.3) is 0 Å². The van der Waals surface area contributed by atoms with E-state index in [1.54, 1.807) is 0 Å². The molecule has 0 amide bonds. The summed E-state index contributed by atoms with van der Waals surface area (Å²) in [6.07, 6.45) is 14.8. The lowest BCUT2D eigenvalue weighted by molar-refractivity contribution is -0.141. The second-order valence-electron chi connectivity index (χ2n) is 4.77. The van der Waals surface area contributed by atoms with Gasteiger partial charge in [0.2, 0.25) is 0 Å². The van der Waals surface area contributed by atoms with E-state index in [9.17, 15) is 4.79 Å². The van der Waals surface area contributed by atoms with E-state index < -0.39 is 0 Å². The van der Waals surface area contributed by atoms with E-state index in [4.69, 9.17) is 4.74 Å². The average molecular weight is 252 g/mol. The molecule has 0 aromatic carbocycles. The Hall–Kier alpha value is -1.05. The van der Waals surface area contributed by atoms with Gasteiger partial charge < -0.3 is 4.74 Å². The number of rotatable bonds is 11. The minimum absolute atomic E-state index is 0.171. The zero-order valence-electron chi connectivity index (χ0n) is 12.0. The van der Waals surface area contributed by atoms with Crippen molar-refractivity contribution in [2.24, 2.45) is 5.92 Å². The van der Waals surface area contributed by atoms with E-state index in [2.05, 4.69) is 25.7 Å². The molecular formula is C16H28O2. The molecule has 2 nitrogen and oxygen atoms in total. The summed E-state index contributed by atoms with van der Waals surface area (Å²) in [5.41, 5.74) is 0. The van der Waals surface area contributed by atoms with Crippen LogP contribution in [0.3, 0.4) is 0 Å². The number of allylic oxidation sites excluding steroid dienone is 3. The summed E-state index contributed by atoms with van der Waals surface area (Å²) in [6, 6.07) is 0. The average Bonchev–Trinajstić information content (AvgIpc) is 2.35. The fourth-order valence-corrected chi connectivity index (χ4v) is 1.68. The normalized spacial score (nSPS) is 12.6. The zero-order chi connectivity index (χ0) is 13.6. The maximum Gasteiger partial charge on any atom is 0.302 e. The van der Waals surface area contributed by atoms with Crippen LogP contribution in [0.1, 0.15) is 58.8 Å². The van der Waals surface area contributed by atoms with E-state index in [-0.39, 0.29) is 5.97 Å². The molecule has 0 aliphatic rings. The third-order valence-electron chi connectivity index (χ3n) is 2.88. The molecule has 0 rings (SSSR count). The van der Waals surface area contributed by atoms with Crippen molar-refractivity contribution in [3.63, 3.8) is 0 Å². The Morgan fingerprint density at radius 2 is 1.78 bits per heavy atom. The molecule has 104 valence electrons. The van der Waals surface area contributed by atoms with Gasteiger partial charge in [-0.2, -0.15) is 0 Å². The number of ether oxygens (including phenoxy) is 1. The van der Waals surface area contributed by atoms with Crippen molar-refractivity contribution in [2.75, 3.05) is 6.61 Å². The number of hydrogen-bond acceptors (Lipinski definition) is 2. The highest BCUT2D eigenvalue weighted by atomic mass is 16.5. The number of carbonyl (C=O) groups excluding carboxylic acids is 1. The monoisotopic (exact) mass is 252 g/mol. The first kappa shape index (κ1) is 16.9. The van der Waals surface area contributed by atoms with Gasteiger partial charge in [-0.1, -0.05) is 50.8 Å². The summed E-state index contributed by atoms with van der Waals surface area (Å²) in [4.78, 5) is 10.5. The Kier molecular flexibility index (Phi) is 11.7. The van der Waals surface area contributed by atoms with E-state index in [1.807, 2.05) is 6.08 Å². The predicted molar refractivity (Wildman–Crippen MR) is 77.5 cm³/mol. The maximum atomic E-state index is 10.5. The van der Waals surface area contributed by atoms with Gasteiger partial charge in [0.15, 0.2) is 0 Å². The van der Waals surface area contributed by atoms with E-state index in [0.717, 1.165) is 12.8 Å². The van der Waals surface area contributed by atoms with E-state index in [0.29, 0.717) is 12.5 Å². The Balaban J connectivity index is 3.14. The van der Waals surface area contributed by atoms with Crippen LogP contribution < -0.4 is 0 Å². The van der Waals surface area contributed by atoms with Gasteiger partial charge in [0.05, 0.1) is 6.61 Å². The summed E-state index contributed by atoms with van der Waals surface area (Å²) in [5, 5.41) is 0. The van der Waals surface area contributed by atoms with Gasteiger partial charge in [0.1, 0.15) is 0 Å². The van der Waals surface area contributed by atoms with Crippen LogP contribution in [0.15, 0.2) is 24.8 Å². The van der Waals surface area contributed by atoms with Crippen molar-refractivity contribution >= 4 is 5.97 Å². The lowest BCUT2D eigenvalue weighted by Crippen LogP contribution is -1.99. The lowest BCUT2D eigenvalue weighted by Gasteiger charge is -2.02. The Morgan fingerprint density at radius 1 is 1.17 bits per heavy atom. The number of hydrogen-bond donors (Lipinski definition) is 0. The van der Waals surface area contributed by atoms with Crippen LogP contribution >= 0.6 is 0 Å². The molecular weight excluding hydrogens is 224 g/mol. The molecule has 0 saturated carbocycles. The molecule has 0 heterocycles. The van der Waals surface area contributed by atoms with Crippen molar-refractivity contribution in [1.29, 1.82) is 0 Å². The first-order chi connectivity index (χ1) is 8.66. The van der Waals surface area contributed by atoms with Gasteiger partial charge in [-0.05, 0) is 25.2 Å². The molecule has 0 fully saturated rings. The molecule has 0 radical (unpaired) electrons. The van der Waals surface area contributed by atoms with Gasteiger partial charge in [-0.15, -0.1) is 6.58 Å². The largest absolute Gasteiger partial charge is 0.466 e. The summed E-state index contributed by atoms with van der Waals surface area (Å²) >= 11 is 0. The molecule has 0 aliphatic carbocycles. The molecule has 1 atom stereocenters. The smallest absolute Gasteiger partial charge is 0.302 e. The number of esters is 1. The molecule has 0 spiro atoms. The quantitative estimate of drug-likeness (QED) is 0.304. The molecule has 0 saturated heterocycles. The van der Waals surface area contributed by atoms with Gasteiger partial charge in [0, 0.05) is 6.92 Å². The second kappa shape index (κ2) is 12.4. The maximum absolute atomic E-state index is 10.5. The molecule has 18 heavy (non-hydrogen) atoms. The highest BCUT2D eigenvalue weighted by Gasteiger charge is 1.94. The minimum Gasteiger partial charge on any atom is -0.466 e. The summed E-state index contributed by atoms with van der Waals surface area (Å²) in [6.45, 7) is 7.94. The van der Waals surface area contributed by atoms with E-state index >= 15 is 0 Å². The summed E-state index contributed by atoms with van der Waals surface area (Å²) in [7, 11) is 0. The van der Waals surface area contributed by atoms with E-state index in [1.165, 1.54) is 39.0 Å².